The van der Waals surface area contributed by atoms with E-state index in [0.29, 0.717) is 6.54 Å². The van der Waals surface area contributed by atoms with E-state index in [1.807, 2.05) is 27.8 Å². The van der Waals surface area contributed by atoms with Gasteiger partial charge in [-0.1, -0.05) is 0 Å². The monoisotopic (exact) mass is 210 g/mol. The maximum atomic E-state index is 11.0. The van der Waals surface area contributed by atoms with Crippen LogP contribution in [0, 0.1) is 0 Å². The zero-order valence-corrected chi connectivity index (χ0v) is 9.46. The van der Waals surface area contributed by atoms with Gasteiger partial charge in [0.2, 0.25) is 0 Å². The molecular formula is C8H19ClN2O2. The summed E-state index contributed by atoms with van der Waals surface area (Å²) in [5.74, 6) is 0. The molecule has 2 N–H and O–H groups in total. The molecule has 5 heteroatoms. The number of likely N-dealkylation sites (N-methyl/N-ethyl adjacent to an activating group) is 1. The first-order valence-electron chi connectivity index (χ1n) is 4.07. The van der Waals surface area contributed by atoms with Gasteiger partial charge >= 0.3 is 6.09 Å². The van der Waals surface area contributed by atoms with Crippen molar-refractivity contribution < 1.29 is 9.53 Å². The number of nitrogens with one attached hydrogen (secondary N) is 2. The number of alkyl carbamates (subject to hydrolysis) is 1. The van der Waals surface area contributed by atoms with Crippen LogP contribution in [0.2, 0.25) is 0 Å². The Bertz CT molecular complexity index is 146. The fraction of sp³-hybridized carbons (Fsp3) is 0.875. The molecule has 0 heterocycles. The lowest BCUT2D eigenvalue weighted by Gasteiger charge is -2.19. The average Bonchev–Trinajstić information content (AvgIpc) is 1.84. The average molecular weight is 211 g/mol. The Hall–Kier alpha value is -0.480. The fourth-order valence-electron chi connectivity index (χ4n) is 0.604. The third-order valence-electron chi connectivity index (χ3n) is 1.04. The van der Waals surface area contributed by atoms with Crippen LogP contribution in [0.15, 0.2) is 0 Å². The molecule has 0 aliphatic rings. The van der Waals surface area contributed by atoms with E-state index in [0.717, 1.165) is 6.54 Å². The number of rotatable bonds is 3. The predicted molar refractivity (Wildman–Crippen MR) is 55.4 cm³/mol. The second-order valence-electron chi connectivity index (χ2n) is 3.53. The molecule has 1 amide bonds. The highest BCUT2D eigenvalue weighted by atomic mass is 35.5. The first-order valence-corrected chi connectivity index (χ1v) is 4.07. The highest BCUT2D eigenvalue weighted by molar-refractivity contribution is 5.85. The van der Waals surface area contributed by atoms with Crippen molar-refractivity contribution in [2.45, 2.75) is 26.4 Å². The predicted octanol–water partition coefficient (Wildman–Crippen LogP) is 1.15. The number of hydrogen-bond acceptors (Lipinski definition) is 3. The summed E-state index contributed by atoms with van der Waals surface area (Å²) in [6.07, 6.45) is -0.363. The summed E-state index contributed by atoms with van der Waals surface area (Å²) in [6.45, 7) is 6.85. The SMILES string of the molecule is CNCCNC(=O)OC(C)(C)C.Cl. The Balaban J connectivity index is 0. The molecule has 0 bridgehead atoms. The van der Waals surface area contributed by atoms with Gasteiger partial charge in [0.05, 0.1) is 0 Å². The lowest BCUT2D eigenvalue weighted by atomic mass is 10.2. The molecule has 0 rings (SSSR count). The Morgan fingerprint density at radius 2 is 1.85 bits per heavy atom. The molecule has 0 unspecified atom stereocenters. The van der Waals surface area contributed by atoms with E-state index in [1.165, 1.54) is 0 Å². The van der Waals surface area contributed by atoms with Gasteiger partial charge < -0.3 is 15.4 Å². The van der Waals surface area contributed by atoms with E-state index in [9.17, 15) is 4.79 Å². The molecule has 13 heavy (non-hydrogen) atoms. The summed E-state index contributed by atoms with van der Waals surface area (Å²) in [4.78, 5) is 11.0. The van der Waals surface area contributed by atoms with Crippen molar-refractivity contribution in [3.63, 3.8) is 0 Å². The Labute approximate surface area is 85.8 Å². The molecule has 0 radical (unpaired) electrons. The lowest BCUT2D eigenvalue weighted by molar-refractivity contribution is 0.0528. The molecule has 0 saturated carbocycles. The highest BCUT2D eigenvalue weighted by Crippen LogP contribution is 2.05. The molecule has 80 valence electrons. The lowest BCUT2D eigenvalue weighted by Crippen LogP contribution is -2.35. The van der Waals surface area contributed by atoms with E-state index in [4.69, 9.17) is 4.74 Å². The molecule has 0 aromatic rings. The summed E-state index contributed by atoms with van der Waals surface area (Å²) < 4.78 is 5.01. The third kappa shape index (κ3) is 11.5. The molecule has 0 fully saturated rings. The second-order valence-corrected chi connectivity index (χ2v) is 3.53. The molecule has 0 aromatic carbocycles. The third-order valence-corrected chi connectivity index (χ3v) is 1.04. The topological polar surface area (TPSA) is 50.4 Å². The number of carbonyl (C=O) groups is 1. The van der Waals surface area contributed by atoms with Gasteiger partial charge in [-0.3, -0.25) is 0 Å². The van der Waals surface area contributed by atoms with Crippen molar-refractivity contribution in [1.82, 2.24) is 10.6 Å². The second kappa shape index (κ2) is 6.97. The Morgan fingerprint density at radius 1 is 1.31 bits per heavy atom. The van der Waals surface area contributed by atoms with Crippen LogP contribution in [0.3, 0.4) is 0 Å². The van der Waals surface area contributed by atoms with Gasteiger partial charge in [-0.2, -0.15) is 0 Å². The molecule has 0 aliphatic carbocycles. The van der Waals surface area contributed by atoms with E-state index in [1.54, 1.807) is 0 Å². The maximum absolute atomic E-state index is 11.0. The van der Waals surface area contributed by atoms with Gasteiger partial charge in [0.15, 0.2) is 0 Å². The zero-order valence-electron chi connectivity index (χ0n) is 8.64. The summed E-state index contributed by atoms with van der Waals surface area (Å²) in [5, 5.41) is 5.53. The van der Waals surface area contributed by atoms with Crippen LogP contribution in [0.25, 0.3) is 0 Å². The largest absolute Gasteiger partial charge is 0.444 e. The molecule has 0 atom stereocenters. The Kier molecular flexibility index (Phi) is 8.05. The molecular weight excluding hydrogens is 192 g/mol. The number of ether oxygens (including phenoxy) is 1. The minimum atomic E-state index is -0.413. The first-order chi connectivity index (χ1) is 5.45. The van der Waals surface area contributed by atoms with Crippen LogP contribution in [-0.2, 0) is 4.74 Å². The summed E-state index contributed by atoms with van der Waals surface area (Å²) in [5.41, 5.74) is -0.413. The summed E-state index contributed by atoms with van der Waals surface area (Å²) >= 11 is 0. The summed E-state index contributed by atoms with van der Waals surface area (Å²) in [6, 6.07) is 0. The van der Waals surface area contributed by atoms with Crippen molar-refractivity contribution in [1.29, 1.82) is 0 Å². The van der Waals surface area contributed by atoms with E-state index < -0.39 is 5.60 Å². The van der Waals surface area contributed by atoms with Crippen LogP contribution >= 0.6 is 12.4 Å². The van der Waals surface area contributed by atoms with E-state index >= 15 is 0 Å². The minimum absolute atomic E-state index is 0. The van der Waals surface area contributed by atoms with Gasteiger partial charge in [-0.25, -0.2) is 4.79 Å². The molecule has 0 spiro atoms. The maximum Gasteiger partial charge on any atom is 0.407 e. The number of amides is 1. The molecule has 0 saturated heterocycles. The standard InChI is InChI=1S/C8H18N2O2.ClH/c1-8(2,3)12-7(11)10-6-5-9-4;/h9H,5-6H2,1-4H3,(H,10,11);1H. The first kappa shape index (κ1) is 15.0. The smallest absolute Gasteiger partial charge is 0.407 e. The fourth-order valence-corrected chi connectivity index (χ4v) is 0.604. The highest BCUT2D eigenvalue weighted by Gasteiger charge is 2.14. The molecule has 0 aromatic heterocycles. The molecule has 0 aliphatic heterocycles. The van der Waals surface area contributed by atoms with Gasteiger partial charge in [0, 0.05) is 13.1 Å². The van der Waals surface area contributed by atoms with Crippen LogP contribution in [0.5, 0.6) is 0 Å². The van der Waals surface area contributed by atoms with Crippen LogP contribution in [-0.4, -0.2) is 31.8 Å². The van der Waals surface area contributed by atoms with Gasteiger partial charge in [0.1, 0.15) is 5.60 Å². The van der Waals surface area contributed by atoms with Crippen molar-refractivity contribution in [2.24, 2.45) is 0 Å². The number of halogens is 1. The number of hydrogen-bond donors (Lipinski definition) is 2. The van der Waals surface area contributed by atoms with E-state index in [-0.39, 0.29) is 18.5 Å². The Morgan fingerprint density at radius 3 is 2.23 bits per heavy atom. The van der Waals surface area contributed by atoms with Gasteiger partial charge in [0.25, 0.3) is 0 Å². The van der Waals surface area contributed by atoms with E-state index in [2.05, 4.69) is 10.6 Å². The van der Waals surface area contributed by atoms with Gasteiger partial charge in [-0.05, 0) is 27.8 Å². The van der Waals surface area contributed by atoms with Crippen LogP contribution < -0.4 is 10.6 Å². The van der Waals surface area contributed by atoms with Gasteiger partial charge in [-0.15, -0.1) is 12.4 Å². The van der Waals surface area contributed by atoms with Crippen molar-refractivity contribution in [2.75, 3.05) is 20.1 Å². The van der Waals surface area contributed by atoms with Crippen LogP contribution in [0.1, 0.15) is 20.8 Å². The molecule has 4 nitrogen and oxygen atoms in total. The zero-order chi connectivity index (χ0) is 9.61. The normalized spacial score (nSPS) is 10.2. The van der Waals surface area contributed by atoms with Crippen molar-refractivity contribution in [3.05, 3.63) is 0 Å². The minimum Gasteiger partial charge on any atom is -0.444 e. The van der Waals surface area contributed by atoms with Crippen molar-refractivity contribution >= 4 is 18.5 Å². The van der Waals surface area contributed by atoms with Crippen LogP contribution in [0.4, 0.5) is 4.79 Å². The quantitative estimate of drug-likeness (QED) is 0.688. The summed E-state index contributed by atoms with van der Waals surface area (Å²) in [7, 11) is 1.83. The number of carbonyl (C=O) groups excluding carboxylic acids is 1. The van der Waals surface area contributed by atoms with Crippen molar-refractivity contribution in [3.8, 4) is 0 Å².